The van der Waals surface area contributed by atoms with Crippen molar-refractivity contribution in [2.75, 3.05) is 18.0 Å². The van der Waals surface area contributed by atoms with Crippen LogP contribution in [-0.2, 0) is 17.8 Å². The summed E-state index contributed by atoms with van der Waals surface area (Å²) in [5.41, 5.74) is 0.349. The fourth-order valence-corrected chi connectivity index (χ4v) is 3.74. The lowest BCUT2D eigenvalue weighted by Crippen LogP contribution is -2.36. The summed E-state index contributed by atoms with van der Waals surface area (Å²) in [5.74, 6) is -0.304. The van der Waals surface area contributed by atoms with Gasteiger partial charge in [-0.05, 0) is 36.6 Å². The molecule has 166 valence electrons. The third kappa shape index (κ3) is 5.26. The van der Waals surface area contributed by atoms with E-state index in [-0.39, 0.29) is 18.5 Å². The summed E-state index contributed by atoms with van der Waals surface area (Å²) in [7, 11) is 0. The number of nitrogens with one attached hydrogen (secondary N) is 2. The molecule has 1 aromatic carbocycles. The van der Waals surface area contributed by atoms with Crippen molar-refractivity contribution in [3.63, 3.8) is 0 Å². The van der Waals surface area contributed by atoms with Gasteiger partial charge in [0.25, 0.3) is 5.56 Å². The van der Waals surface area contributed by atoms with E-state index in [2.05, 4.69) is 20.3 Å². The molecule has 0 unspecified atom stereocenters. The van der Waals surface area contributed by atoms with Crippen LogP contribution in [0.25, 0.3) is 0 Å². The lowest BCUT2D eigenvalue weighted by Gasteiger charge is -2.21. The van der Waals surface area contributed by atoms with Crippen molar-refractivity contribution in [1.82, 2.24) is 24.8 Å². The maximum Gasteiger partial charge on any atom is 0.347 e. The largest absolute Gasteiger partial charge is 0.347 e. The first-order valence-electron chi connectivity index (χ1n) is 10.4. The van der Waals surface area contributed by atoms with E-state index < -0.39 is 23.5 Å². The molecule has 4 rings (SSSR count). The third-order valence-electron chi connectivity index (χ3n) is 5.31. The van der Waals surface area contributed by atoms with Crippen LogP contribution >= 0.6 is 0 Å². The summed E-state index contributed by atoms with van der Waals surface area (Å²) in [6.07, 6.45) is 5.13. The number of anilines is 1. The van der Waals surface area contributed by atoms with Crippen LogP contribution in [0.3, 0.4) is 0 Å². The first kappa shape index (κ1) is 21.4. The van der Waals surface area contributed by atoms with Crippen LogP contribution in [0.15, 0.2) is 58.4 Å². The van der Waals surface area contributed by atoms with Crippen molar-refractivity contribution in [2.24, 2.45) is 0 Å². The number of hydrogen-bond donors (Lipinski definition) is 2. The zero-order valence-electron chi connectivity index (χ0n) is 17.3. The molecule has 1 saturated heterocycles. The molecule has 0 aliphatic carbocycles. The van der Waals surface area contributed by atoms with E-state index in [0.29, 0.717) is 17.2 Å². The Morgan fingerprint density at radius 2 is 1.94 bits per heavy atom. The number of amides is 1. The van der Waals surface area contributed by atoms with Gasteiger partial charge in [0.1, 0.15) is 12.4 Å². The van der Waals surface area contributed by atoms with Gasteiger partial charge in [-0.2, -0.15) is 0 Å². The highest BCUT2D eigenvalue weighted by atomic mass is 19.1. The second-order valence-corrected chi connectivity index (χ2v) is 7.66. The van der Waals surface area contributed by atoms with Crippen LogP contribution < -0.4 is 21.5 Å². The van der Waals surface area contributed by atoms with Crippen LogP contribution in [-0.4, -0.2) is 38.5 Å². The molecule has 2 aromatic heterocycles. The van der Waals surface area contributed by atoms with Gasteiger partial charge < -0.3 is 10.2 Å². The zero-order valence-corrected chi connectivity index (χ0v) is 17.3. The Hall–Kier alpha value is -3.82. The molecule has 1 aliphatic rings. The van der Waals surface area contributed by atoms with Gasteiger partial charge in [-0.15, -0.1) is 0 Å². The summed E-state index contributed by atoms with van der Waals surface area (Å²) in [5, 5.41) is 2.87. The van der Waals surface area contributed by atoms with E-state index in [1.165, 1.54) is 35.2 Å². The second-order valence-electron chi connectivity index (χ2n) is 7.66. The van der Waals surface area contributed by atoms with Gasteiger partial charge in [0, 0.05) is 38.0 Å². The van der Waals surface area contributed by atoms with Crippen LogP contribution in [0.5, 0.6) is 0 Å². The van der Waals surface area contributed by atoms with Crippen LogP contribution in [0.2, 0.25) is 0 Å². The smallest absolute Gasteiger partial charge is 0.347 e. The van der Waals surface area contributed by atoms with E-state index in [9.17, 15) is 18.8 Å². The second kappa shape index (κ2) is 9.54. The maximum atomic E-state index is 13.5. The average molecular weight is 438 g/mol. The van der Waals surface area contributed by atoms with Crippen LogP contribution in [0, 0.1) is 5.82 Å². The highest BCUT2D eigenvalue weighted by Crippen LogP contribution is 2.20. The van der Waals surface area contributed by atoms with Crippen LogP contribution in [0.1, 0.15) is 30.1 Å². The minimum atomic E-state index is -0.573. The topological polar surface area (TPSA) is 113 Å². The fraction of sp³-hybridized carbons (Fsp3) is 0.318. The number of H-pyrrole nitrogens is 1. The summed E-state index contributed by atoms with van der Waals surface area (Å²) < 4.78 is 14.6. The molecule has 1 amide bonds. The molecule has 1 fully saturated rings. The highest BCUT2D eigenvalue weighted by Gasteiger charge is 2.20. The normalized spacial score (nSPS) is 14.3. The predicted molar refractivity (Wildman–Crippen MR) is 116 cm³/mol. The molecular weight excluding hydrogens is 415 g/mol. The molecule has 10 heteroatoms. The Kier molecular flexibility index (Phi) is 6.39. The number of nitrogens with zero attached hydrogens (tertiary/aromatic N) is 4. The SMILES string of the molecule is O=C(Cn1cccnc1=O)N[C@@H](Cc1cc(=O)[nH]c(N2CCCC2)n1)c1ccc(F)cc1. The molecule has 32 heavy (non-hydrogen) atoms. The number of carbonyl (C=O) groups is 1. The first-order valence-corrected chi connectivity index (χ1v) is 10.4. The molecule has 3 aromatic rings. The van der Waals surface area contributed by atoms with E-state index in [4.69, 9.17) is 0 Å². The Morgan fingerprint density at radius 1 is 1.19 bits per heavy atom. The molecule has 0 spiro atoms. The Labute approximate surface area is 183 Å². The number of carbonyl (C=O) groups excluding carboxylic acids is 1. The van der Waals surface area contributed by atoms with E-state index in [0.717, 1.165) is 25.9 Å². The fourth-order valence-electron chi connectivity index (χ4n) is 3.74. The molecule has 0 bridgehead atoms. The van der Waals surface area contributed by atoms with Gasteiger partial charge in [0.15, 0.2) is 0 Å². The number of halogens is 1. The maximum absolute atomic E-state index is 13.5. The molecule has 1 aliphatic heterocycles. The van der Waals surface area contributed by atoms with Crippen molar-refractivity contribution >= 4 is 11.9 Å². The van der Waals surface area contributed by atoms with Crippen molar-refractivity contribution < 1.29 is 9.18 Å². The monoisotopic (exact) mass is 438 g/mol. The van der Waals surface area contributed by atoms with Gasteiger partial charge in [-0.25, -0.2) is 19.2 Å². The van der Waals surface area contributed by atoms with E-state index in [1.54, 1.807) is 18.2 Å². The quantitative estimate of drug-likeness (QED) is 0.573. The molecule has 0 radical (unpaired) electrons. The number of rotatable bonds is 7. The van der Waals surface area contributed by atoms with Crippen molar-refractivity contribution in [3.8, 4) is 0 Å². The molecular formula is C22H23FN6O3. The molecule has 9 nitrogen and oxygen atoms in total. The van der Waals surface area contributed by atoms with Gasteiger partial charge >= 0.3 is 5.69 Å². The molecule has 2 N–H and O–H groups in total. The van der Waals surface area contributed by atoms with Crippen LogP contribution in [0.4, 0.5) is 10.3 Å². The van der Waals surface area contributed by atoms with Gasteiger partial charge in [-0.1, -0.05) is 12.1 Å². The standard InChI is InChI=1S/C22H23FN6O3/c23-16-6-4-15(5-7-16)18(26-20(31)14-29-11-3-8-24-22(29)32)12-17-13-19(30)27-21(25-17)28-9-1-2-10-28/h3-8,11,13,18H,1-2,9-10,12,14H2,(H,26,31)(H,25,27,30)/t18-/m0/s1. The summed E-state index contributed by atoms with van der Waals surface area (Å²) in [6, 6.07) is 8.15. The van der Waals surface area contributed by atoms with Gasteiger partial charge in [0.05, 0.1) is 11.7 Å². The Balaban J connectivity index is 1.58. The Bertz CT molecular complexity index is 1200. The van der Waals surface area contributed by atoms with Gasteiger partial charge in [0.2, 0.25) is 11.9 Å². The Morgan fingerprint density at radius 3 is 2.66 bits per heavy atom. The van der Waals surface area contributed by atoms with Crippen molar-refractivity contribution in [2.45, 2.75) is 31.8 Å². The number of benzene rings is 1. The summed E-state index contributed by atoms with van der Waals surface area (Å²) in [6.45, 7) is 1.43. The van der Waals surface area contributed by atoms with E-state index >= 15 is 0 Å². The average Bonchev–Trinajstić information content (AvgIpc) is 3.30. The summed E-state index contributed by atoms with van der Waals surface area (Å²) >= 11 is 0. The van der Waals surface area contributed by atoms with E-state index in [1.807, 2.05) is 4.90 Å². The summed E-state index contributed by atoms with van der Waals surface area (Å²) in [4.78, 5) is 49.7. The first-order chi connectivity index (χ1) is 15.5. The highest BCUT2D eigenvalue weighted by molar-refractivity contribution is 5.76. The number of hydrogen-bond acceptors (Lipinski definition) is 6. The minimum Gasteiger partial charge on any atom is -0.347 e. The molecule has 0 saturated carbocycles. The number of aromatic nitrogens is 4. The lowest BCUT2D eigenvalue weighted by molar-refractivity contribution is -0.122. The van der Waals surface area contributed by atoms with Crippen molar-refractivity contribution in [3.05, 3.63) is 86.7 Å². The predicted octanol–water partition coefficient (Wildman–Crippen LogP) is 1.17. The number of aromatic amines is 1. The van der Waals surface area contributed by atoms with Crippen molar-refractivity contribution in [1.29, 1.82) is 0 Å². The lowest BCUT2D eigenvalue weighted by atomic mass is 10.0. The minimum absolute atomic E-state index is 0.216. The third-order valence-corrected chi connectivity index (χ3v) is 5.31. The molecule has 3 heterocycles. The van der Waals surface area contributed by atoms with Gasteiger partial charge in [-0.3, -0.25) is 19.1 Å². The molecule has 1 atom stereocenters. The zero-order chi connectivity index (χ0) is 22.5.